The van der Waals surface area contributed by atoms with Gasteiger partial charge in [-0.1, -0.05) is 0 Å². The fourth-order valence-electron chi connectivity index (χ4n) is 1.58. The van der Waals surface area contributed by atoms with Crippen LogP contribution in [0.5, 0.6) is 0 Å². The molecular formula is C12H21N5O6S. The number of hydrogen-bond donors (Lipinski definition) is 7. The highest BCUT2D eigenvalue weighted by Crippen LogP contribution is 1.99. The summed E-state index contributed by atoms with van der Waals surface area (Å²) in [5.41, 5.74) is 15.4. The third-order valence-corrected chi connectivity index (χ3v) is 3.24. The van der Waals surface area contributed by atoms with Crippen LogP contribution in [0.3, 0.4) is 0 Å². The highest BCUT2D eigenvalue weighted by atomic mass is 32.1. The van der Waals surface area contributed by atoms with Crippen LogP contribution in [0.25, 0.3) is 0 Å². The van der Waals surface area contributed by atoms with E-state index in [9.17, 15) is 24.0 Å². The zero-order chi connectivity index (χ0) is 18.9. The van der Waals surface area contributed by atoms with Crippen LogP contribution >= 0.6 is 12.6 Å². The van der Waals surface area contributed by atoms with E-state index < -0.39 is 54.1 Å². The number of aliphatic carboxylic acids is 1. The predicted molar refractivity (Wildman–Crippen MR) is 85.6 cm³/mol. The molecule has 12 heteroatoms. The molecule has 0 aromatic heterocycles. The van der Waals surface area contributed by atoms with Gasteiger partial charge in [0, 0.05) is 12.2 Å². The van der Waals surface area contributed by atoms with Crippen molar-refractivity contribution < 1.29 is 29.1 Å². The van der Waals surface area contributed by atoms with Crippen LogP contribution in [0.2, 0.25) is 0 Å². The fraction of sp³-hybridized carbons (Fsp3) is 0.583. The molecule has 0 saturated carbocycles. The Bertz CT molecular complexity index is 514. The zero-order valence-corrected chi connectivity index (χ0v) is 13.6. The van der Waals surface area contributed by atoms with Crippen molar-refractivity contribution in [3.05, 3.63) is 0 Å². The molecule has 0 aromatic carbocycles. The first-order valence-corrected chi connectivity index (χ1v) is 7.48. The number of carbonyl (C=O) groups is 5. The second-order valence-electron chi connectivity index (χ2n) is 4.93. The summed E-state index contributed by atoms with van der Waals surface area (Å²) >= 11 is 3.90. The van der Waals surface area contributed by atoms with Gasteiger partial charge in [0.1, 0.15) is 12.1 Å². The van der Waals surface area contributed by atoms with E-state index in [4.69, 9.17) is 22.3 Å². The number of rotatable bonds is 11. The minimum Gasteiger partial charge on any atom is -0.480 e. The van der Waals surface area contributed by atoms with Crippen LogP contribution in [0.1, 0.15) is 19.3 Å². The second kappa shape index (κ2) is 10.4. The van der Waals surface area contributed by atoms with Gasteiger partial charge in [-0.2, -0.15) is 12.6 Å². The number of hydrogen-bond acceptors (Lipinski definition) is 7. The van der Waals surface area contributed by atoms with Gasteiger partial charge in [-0.3, -0.25) is 19.2 Å². The quantitative estimate of drug-likeness (QED) is 0.183. The predicted octanol–water partition coefficient (Wildman–Crippen LogP) is -3.56. The number of carboxylic acids is 1. The first kappa shape index (κ1) is 21.7. The topological polar surface area (TPSA) is 208 Å². The first-order valence-electron chi connectivity index (χ1n) is 6.85. The molecule has 11 nitrogen and oxygen atoms in total. The van der Waals surface area contributed by atoms with Crippen molar-refractivity contribution in [3.8, 4) is 0 Å². The Morgan fingerprint density at radius 3 is 1.92 bits per heavy atom. The highest BCUT2D eigenvalue weighted by molar-refractivity contribution is 7.80. The molecule has 3 atom stereocenters. The molecule has 0 radical (unpaired) electrons. The van der Waals surface area contributed by atoms with Crippen molar-refractivity contribution in [1.29, 1.82) is 0 Å². The van der Waals surface area contributed by atoms with Crippen molar-refractivity contribution in [2.24, 2.45) is 17.2 Å². The summed E-state index contributed by atoms with van der Waals surface area (Å²) in [4.78, 5) is 56.2. The summed E-state index contributed by atoms with van der Waals surface area (Å²) in [5, 5.41) is 13.3. The Labute approximate surface area is 143 Å². The molecule has 9 N–H and O–H groups in total. The van der Waals surface area contributed by atoms with E-state index in [-0.39, 0.29) is 18.6 Å². The van der Waals surface area contributed by atoms with E-state index >= 15 is 0 Å². The molecule has 0 rings (SSSR count). The lowest BCUT2D eigenvalue weighted by atomic mass is 10.1. The molecule has 0 fully saturated rings. The third kappa shape index (κ3) is 8.33. The lowest BCUT2D eigenvalue weighted by molar-refractivity contribution is -0.143. The Hall–Kier alpha value is -2.34. The van der Waals surface area contributed by atoms with Crippen molar-refractivity contribution >= 4 is 42.2 Å². The Balaban J connectivity index is 4.73. The molecule has 0 saturated heterocycles. The van der Waals surface area contributed by atoms with Gasteiger partial charge in [0.2, 0.25) is 23.6 Å². The summed E-state index contributed by atoms with van der Waals surface area (Å²) in [6.07, 6.45) is -0.722. The number of nitrogens with one attached hydrogen (secondary N) is 2. The second-order valence-corrected chi connectivity index (χ2v) is 5.29. The molecule has 136 valence electrons. The molecule has 0 bridgehead atoms. The maximum atomic E-state index is 12.0. The molecule has 24 heavy (non-hydrogen) atoms. The normalized spacial score (nSPS) is 14.1. The Morgan fingerprint density at radius 1 is 0.958 bits per heavy atom. The summed E-state index contributed by atoms with van der Waals surface area (Å²) in [6, 6.07) is -3.79. The number of carbonyl (C=O) groups excluding carboxylic acids is 4. The van der Waals surface area contributed by atoms with Crippen LogP contribution in [0.15, 0.2) is 0 Å². The van der Waals surface area contributed by atoms with Gasteiger partial charge >= 0.3 is 5.97 Å². The lowest BCUT2D eigenvalue weighted by Gasteiger charge is -2.21. The van der Waals surface area contributed by atoms with E-state index in [2.05, 4.69) is 23.3 Å². The molecule has 3 unspecified atom stereocenters. The summed E-state index contributed by atoms with van der Waals surface area (Å²) in [6.45, 7) is 0. The van der Waals surface area contributed by atoms with Crippen LogP contribution in [-0.4, -0.2) is 58.6 Å². The summed E-state index contributed by atoms with van der Waals surface area (Å²) in [5.74, 6) is -4.74. The lowest BCUT2D eigenvalue weighted by Crippen LogP contribution is -2.55. The number of carboxylic acid groups (broad SMARTS) is 1. The van der Waals surface area contributed by atoms with Gasteiger partial charge in [0.15, 0.2) is 0 Å². The first-order chi connectivity index (χ1) is 11.1. The van der Waals surface area contributed by atoms with E-state index in [1.165, 1.54) is 0 Å². The van der Waals surface area contributed by atoms with E-state index in [1.54, 1.807) is 0 Å². The van der Waals surface area contributed by atoms with Crippen molar-refractivity contribution in [2.45, 2.75) is 37.4 Å². The molecule has 4 amide bonds. The molecule has 0 aromatic rings. The molecule has 0 aliphatic heterocycles. The van der Waals surface area contributed by atoms with E-state index in [1.807, 2.05) is 0 Å². The Morgan fingerprint density at radius 2 is 1.50 bits per heavy atom. The van der Waals surface area contributed by atoms with Crippen LogP contribution in [0.4, 0.5) is 0 Å². The SMILES string of the molecule is NC(=O)CCC(N)C(=O)NC(CS)C(=O)NC(CC(N)=O)C(=O)O. The largest absolute Gasteiger partial charge is 0.480 e. The molecule has 0 spiro atoms. The van der Waals surface area contributed by atoms with Crippen molar-refractivity contribution in [2.75, 3.05) is 5.75 Å². The third-order valence-electron chi connectivity index (χ3n) is 2.87. The minimum absolute atomic E-state index is 0.0124. The fourth-order valence-corrected chi connectivity index (χ4v) is 1.83. The number of nitrogens with two attached hydrogens (primary N) is 3. The minimum atomic E-state index is -1.53. The van der Waals surface area contributed by atoms with Crippen LogP contribution in [-0.2, 0) is 24.0 Å². The average Bonchev–Trinajstić information content (AvgIpc) is 2.48. The van der Waals surface area contributed by atoms with Gasteiger partial charge in [0.05, 0.1) is 12.5 Å². The van der Waals surface area contributed by atoms with Gasteiger partial charge in [-0.05, 0) is 6.42 Å². The monoisotopic (exact) mass is 363 g/mol. The summed E-state index contributed by atoms with van der Waals surface area (Å²) < 4.78 is 0. The van der Waals surface area contributed by atoms with Crippen LogP contribution in [0, 0.1) is 0 Å². The highest BCUT2D eigenvalue weighted by Gasteiger charge is 2.28. The van der Waals surface area contributed by atoms with Gasteiger partial charge in [-0.15, -0.1) is 0 Å². The summed E-state index contributed by atoms with van der Waals surface area (Å²) in [7, 11) is 0. The molecule has 0 heterocycles. The van der Waals surface area contributed by atoms with Crippen molar-refractivity contribution in [1.82, 2.24) is 10.6 Å². The Kier molecular flexibility index (Phi) is 9.42. The van der Waals surface area contributed by atoms with Gasteiger partial charge < -0.3 is 32.9 Å². The van der Waals surface area contributed by atoms with E-state index in [0.717, 1.165) is 0 Å². The maximum Gasteiger partial charge on any atom is 0.326 e. The average molecular weight is 363 g/mol. The number of amides is 4. The zero-order valence-electron chi connectivity index (χ0n) is 12.7. The van der Waals surface area contributed by atoms with Crippen molar-refractivity contribution in [3.63, 3.8) is 0 Å². The van der Waals surface area contributed by atoms with E-state index in [0.29, 0.717) is 0 Å². The standard InChI is InChI=1S/C12H21N5O6S/c13-5(1-2-8(14)18)10(20)17-7(4-24)11(21)16-6(12(22)23)3-9(15)19/h5-7,24H,1-4,13H2,(H2,14,18)(H2,15,19)(H,16,21)(H,17,20)(H,22,23). The van der Waals surface area contributed by atoms with Gasteiger partial charge in [-0.25, -0.2) is 4.79 Å². The number of thiol groups is 1. The maximum absolute atomic E-state index is 12.0. The number of primary amides is 2. The molecule has 0 aliphatic carbocycles. The van der Waals surface area contributed by atoms with Crippen LogP contribution < -0.4 is 27.8 Å². The molecular weight excluding hydrogens is 342 g/mol. The smallest absolute Gasteiger partial charge is 0.326 e. The van der Waals surface area contributed by atoms with Gasteiger partial charge in [0.25, 0.3) is 0 Å². The molecule has 0 aliphatic rings.